The van der Waals surface area contributed by atoms with Gasteiger partial charge in [-0.2, -0.15) is 0 Å². The third-order valence-electron chi connectivity index (χ3n) is 3.90. The highest BCUT2D eigenvalue weighted by Gasteiger charge is 2.27. The molecule has 0 spiro atoms. The number of oxime groups is 1. The topological polar surface area (TPSA) is 79.9 Å². The fraction of sp³-hybridized carbons (Fsp3) is 0.533. The normalized spacial score (nSPS) is 24.8. The second-order valence-electron chi connectivity index (χ2n) is 5.29. The molecule has 3 atom stereocenters. The summed E-state index contributed by atoms with van der Waals surface area (Å²) in [4.78, 5) is 0. The summed E-state index contributed by atoms with van der Waals surface area (Å²) in [5, 5.41) is 15.5. The van der Waals surface area contributed by atoms with Crippen LogP contribution in [0, 0.1) is 0 Å². The molecule has 0 aliphatic heterocycles. The van der Waals surface area contributed by atoms with E-state index in [1.807, 2.05) is 18.2 Å². The van der Waals surface area contributed by atoms with Gasteiger partial charge in [-0.25, -0.2) is 0 Å². The van der Waals surface area contributed by atoms with Crippen LogP contribution in [0.3, 0.4) is 0 Å². The van der Waals surface area contributed by atoms with Crippen LogP contribution in [0.1, 0.15) is 37.3 Å². The monoisotopic (exact) mass is 277 g/mol. The van der Waals surface area contributed by atoms with Crippen LogP contribution in [0.4, 0.5) is 0 Å². The summed E-state index contributed by atoms with van der Waals surface area (Å²) in [5.74, 6) is 0.243. The first-order valence-electron chi connectivity index (χ1n) is 7.03. The third kappa shape index (κ3) is 3.95. The maximum atomic E-state index is 8.79. The van der Waals surface area contributed by atoms with Crippen LogP contribution in [-0.4, -0.2) is 30.3 Å². The summed E-state index contributed by atoms with van der Waals surface area (Å²) in [6.45, 7) is 0. The number of amidine groups is 1. The minimum atomic E-state index is 0.0627. The molecule has 1 saturated carbocycles. The van der Waals surface area contributed by atoms with Gasteiger partial charge in [-0.3, -0.25) is 0 Å². The Balaban J connectivity index is 2.03. The molecule has 2 rings (SSSR count). The Morgan fingerprint density at radius 1 is 1.45 bits per heavy atom. The average Bonchev–Trinajstić information content (AvgIpc) is 2.95. The second kappa shape index (κ2) is 7.26. The van der Waals surface area contributed by atoms with Crippen LogP contribution in [0.5, 0.6) is 0 Å². The number of benzene rings is 1. The minimum absolute atomic E-state index is 0.0627. The molecule has 1 aromatic carbocycles. The van der Waals surface area contributed by atoms with Gasteiger partial charge in [-0.05, 0) is 24.8 Å². The lowest BCUT2D eigenvalue weighted by molar-refractivity contribution is 0.106. The zero-order chi connectivity index (χ0) is 14.4. The van der Waals surface area contributed by atoms with Gasteiger partial charge < -0.3 is 21.0 Å². The van der Waals surface area contributed by atoms with Crippen molar-refractivity contribution in [2.75, 3.05) is 7.11 Å². The molecule has 0 radical (unpaired) electrons. The first-order valence-corrected chi connectivity index (χ1v) is 7.03. The predicted molar refractivity (Wildman–Crippen MR) is 78.8 cm³/mol. The Hall–Kier alpha value is -1.59. The Labute approximate surface area is 119 Å². The van der Waals surface area contributed by atoms with Crippen LogP contribution in [0.15, 0.2) is 35.5 Å². The number of methoxy groups -OCH3 is 1. The molecule has 1 aromatic rings. The van der Waals surface area contributed by atoms with E-state index >= 15 is 0 Å². The molecule has 0 heterocycles. The molecule has 4 N–H and O–H groups in total. The van der Waals surface area contributed by atoms with Gasteiger partial charge in [0, 0.05) is 25.6 Å². The Kier molecular flexibility index (Phi) is 5.38. The van der Waals surface area contributed by atoms with Gasteiger partial charge >= 0.3 is 0 Å². The molecule has 1 fully saturated rings. The summed E-state index contributed by atoms with van der Waals surface area (Å²) in [6.07, 6.45) is 4.02. The largest absolute Gasteiger partial charge is 0.409 e. The van der Waals surface area contributed by atoms with Crippen molar-refractivity contribution in [1.82, 2.24) is 5.32 Å². The van der Waals surface area contributed by atoms with Gasteiger partial charge in [0.1, 0.15) is 5.84 Å². The van der Waals surface area contributed by atoms with Gasteiger partial charge in [0.2, 0.25) is 0 Å². The predicted octanol–water partition coefficient (Wildman–Crippen LogP) is 2.02. The van der Waals surface area contributed by atoms with Crippen molar-refractivity contribution in [1.29, 1.82) is 0 Å². The quantitative estimate of drug-likeness (QED) is 0.322. The number of nitrogens with zero attached hydrogens (tertiary/aromatic N) is 1. The second-order valence-corrected chi connectivity index (χ2v) is 5.29. The SMILES string of the molecule is COC1CCC(NC(C/C(N)=N/O)c2ccccc2)C1. The number of hydrogen-bond donors (Lipinski definition) is 3. The molecule has 0 saturated heterocycles. The van der Waals surface area contributed by atoms with Gasteiger partial charge in [-0.15, -0.1) is 0 Å². The molecule has 0 aromatic heterocycles. The highest BCUT2D eigenvalue weighted by Crippen LogP contribution is 2.25. The maximum Gasteiger partial charge on any atom is 0.141 e. The lowest BCUT2D eigenvalue weighted by atomic mass is 10.0. The molecular formula is C15H23N3O2. The van der Waals surface area contributed by atoms with Crippen LogP contribution in [0.25, 0.3) is 0 Å². The summed E-state index contributed by atoms with van der Waals surface area (Å²) >= 11 is 0. The number of ether oxygens (including phenoxy) is 1. The summed E-state index contributed by atoms with van der Waals surface area (Å²) in [6, 6.07) is 10.6. The van der Waals surface area contributed by atoms with Crippen molar-refractivity contribution in [3.05, 3.63) is 35.9 Å². The molecular weight excluding hydrogens is 254 g/mol. The molecule has 1 aliphatic carbocycles. The van der Waals surface area contributed by atoms with E-state index in [2.05, 4.69) is 22.6 Å². The molecule has 110 valence electrons. The van der Waals surface area contributed by atoms with Gasteiger partial charge in [-0.1, -0.05) is 35.5 Å². The van der Waals surface area contributed by atoms with Crippen LogP contribution in [0.2, 0.25) is 0 Å². The smallest absolute Gasteiger partial charge is 0.141 e. The van der Waals surface area contributed by atoms with Gasteiger partial charge in [0.15, 0.2) is 0 Å². The van der Waals surface area contributed by atoms with Crippen molar-refractivity contribution in [2.45, 2.75) is 43.9 Å². The molecule has 20 heavy (non-hydrogen) atoms. The first-order chi connectivity index (χ1) is 9.72. The van der Waals surface area contributed by atoms with Crippen molar-refractivity contribution >= 4 is 5.84 Å². The molecule has 3 unspecified atom stereocenters. The van der Waals surface area contributed by atoms with E-state index in [9.17, 15) is 0 Å². The summed E-state index contributed by atoms with van der Waals surface area (Å²) in [7, 11) is 1.76. The number of nitrogens with one attached hydrogen (secondary N) is 1. The Bertz CT molecular complexity index is 436. The molecule has 5 nitrogen and oxygen atoms in total. The zero-order valence-corrected chi connectivity index (χ0v) is 11.8. The van der Waals surface area contributed by atoms with E-state index in [-0.39, 0.29) is 11.9 Å². The van der Waals surface area contributed by atoms with Crippen LogP contribution >= 0.6 is 0 Å². The minimum Gasteiger partial charge on any atom is -0.409 e. The van der Waals surface area contributed by atoms with E-state index in [4.69, 9.17) is 15.7 Å². The first kappa shape index (κ1) is 14.8. The van der Waals surface area contributed by atoms with Crippen molar-refractivity contribution in [3.8, 4) is 0 Å². The number of rotatable bonds is 6. The van der Waals surface area contributed by atoms with Crippen molar-refractivity contribution < 1.29 is 9.94 Å². The van der Waals surface area contributed by atoms with Crippen LogP contribution < -0.4 is 11.1 Å². The van der Waals surface area contributed by atoms with E-state index in [0.717, 1.165) is 24.8 Å². The Morgan fingerprint density at radius 3 is 2.80 bits per heavy atom. The lowest BCUT2D eigenvalue weighted by Gasteiger charge is -2.23. The van der Waals surface area contributed by atoms with Gasteiger partial charge in [0.05, 0.1) is 6.10 Å². The highest BCUT2D eigenvalue weighted by atomic mass is 16.5. The summed E-state index contributed by atoms with van der Waals surface area (Å²) < 4.78 is 5.40. The van der Waals surface area contributed by atoms with Crippen molar-refractivity contribution in [3.63, 3.8) is 0 Å². The number of nitrogens with two attached hydrogens (primary N) is 1. The standard InChI is InChI=1S/C15H23N3O2/c1-20-13-8-7-12(9-13)17-14(10-15(16)18-19)11-5-3-2-4-6-11/h2-6,12-14,17,19H,7-10H2,1H3,(H2,16,18). The molecule has 0 bridgehead atoms. The summed E-state index contributed by atoms with van der Waals surface area (Å²) in [5.41, 5.74) is 6.83. The highest BCUT2D eigenvalue weighted by molar-refractivity contribution is 5.80. The fourth-order valence-electron chi connectivity index (χ4n) is 2.80. The lowest BCUT2D eigenvalue weighted by Crippen LogP contribution is -2.34. The third-order valence-corrected chi connectivity index (χ3v) is 3.90. The van der Waals surface area contributed by atoms with E-state index in [0.29, 0.717) is 18.6 Å². The van der Waals surface area contributed by atoms with Crippen molar-refractivity contribution in [2.24, 2.45) is 10.9 Å². The van der Waals surface area contributed by atoms with Crippen LogP contribution in [-0.2, 0) is 4.74 Å². The van der Waals surface area contributed by atoms with E-state index < -0.39 is 0 Å². The fourth-order valence-corrected chi connectivity index (χ4v) is 2.80. The maximum absolute atomic E-state index is 8.79. The van der Waals surface area contributed by atoms with Gasteiger partial charge in [0.25, 0.3) is 0 Å². The van der Waals surface area contributed by atoms with E-state index in [1.165, 1.54) is 0 Å². The number of hydrogen-bond acceptors (Lipinski definition) is 4. The van der Waals surface area contributed by atoms with E-state index in [1.54, 1.807) is 7.11 Å². The Morgan fingerprint density at radius 2 is 2.20 bits per heavy atom. The molecule has 1 aliphatic rings. The molecule has 0 amide bonds. The zero-order valence-electron chi connectivity index (χ0n) is 11.8. The molecule has 5 heteroatoms. The average molecular weight is 277 g/mol.